The number of aliphatic hydroxyl groups is 1. The van der Waals surface area contributed by atoms with E-state index in [0.717, 1.165) is 4.90 Å². The van der Waals surface area contributed by atoms with Crippen molar-refractivity contribution in [3.8, 4) is 0 Å². The summed E-state index contributed by atoms with van der Waals surface area (Å²) in [6.45, 7) is 1.50. The van der Waals surface area contributed by atoms with E-state index in [1.165, 1.54) is 13.8 Å². The van der Waals surface area contributed by atoms with Gasteiger partial charge in [-0.1, -0.05) is 0 Å². The van der Waals surface area contributed by atoms with Crippen LogP contribution >= 0.6 is 0 Å². The van der Waals surface area contributed by atoms with E-state index >= 15 is 0 Å². The molecule has 0 saturated carbocycles. The van der Waals surface area contributed by atoms with Crippen LogP contribution in [0.15, 0.2) is 0 Å². The maximum atomic E-state index is 12.7. The zero-order valence-corrected chi connectivity index (χ0v) is 16.0. The number of nitrogens with zero attached hydrogens (tertiary/aromatic N) is 1. The van der Waals surface area contributed by atoms with Crippen molar-refractivity contribution in [2.45, 2.75) is 36.1 Å². The van der Waals surface area contributed by atoms with E-state index < -0.39 is 69.5 Å². The number of rotatable bonds is 5. The molecule has 3 atom stereocenters. The van der Waals surface area contributed by atoms with E-state index in [9.17, 15) is 27.9 Å². The number of aliphatic hydroxyl groups excluding tert-OH is 1. The van der Waals surface area contributed by atoms with Gasteiger partial charge in [-0.2, -0.15) is 0 Å². The molecule has 3 saturated heterocycles. The van der Waals surface area contributed by atoms with Crippen LogP contribution in [0.3, 0.4) is 0 Å². The molecule has 28 heavy (non-hydrogen) atoms. The number of carbonyl (C=O) groups excluding carboxylic acids is 3. The molecule has 3 fully saturated rings. The first-order chi connectivity index (χ1) is 13.1. The topological polar surface area (TPSA) is 155 Å². The molecule has 3 aliphatic rings. The van der Waals surface area contributed by atoms with Crippen LogP contribution in [0.25, 0.3) is 0 Å². The predicted molar refractivity (Wildman–Crippen MR) is 87.1 cm³/mol. The average Bonchev–Trinajstić information content (AvgIpc) is 2.77. The Kier molecular flexibility index (Phi) is 5.53. The molecule has 158 valence electrons. The predicted octanol–water partition coefficient (Wildman–Crippen LogP) is -1.63. The van der Waals surface area contributed by atoms with E-state index in [1.54, 1.807) is 0 Å². The lowest BCUT2D eigenvalue weighted by molar-refractivity contribution is -0.177. The normalized spacial score (nSPS) is 30.9. The largest absolute Gasteiger partial charge is 0.511 e. The van der Waals surface area contributed by atoms with Gasteiger partial charge in [0.25, 0.3) is 0 Å². The molecule has 0 aromatic carbocycles. The Labute approximate surface area is 160 Å². The van der Waals surface area contributed by atoms with Gasteiger partial charge < -0.3 is 33.7 Å². The smallest absolute Gasteiger partial charge is 0.426 e. The minimum Gasteiger partial charge on any atom is -0.426 e. The highest BCUT2D eigenvalue weighted by atomic mass is 32.2. The maximum Gasteiger partial charge on any atom is 0.511 e. The van der Waals surface area contributed by atoms with Crippen molar-refractivity contribution in [3.05, 3.63) is 0 Å². The zero-order valence-electron chi connectivity index (χ0n) is 15.2. The Morgan fingerprint density at radius 3 is 2.50 bits per heavy atom. The SMILES string of the molecule is CC1(C)[C@H](C(=O)OCOC(=O)OC2COCOC2)N2C(=O)[C@@H](CO)C2S1(=O)=O. The number of hydrogen-bond donors (Lipinski definition) is 1. The number of esters is 1. The Hall–Kier alpha value is -1.96. The summed E-state index contributed by atoms with van der Waals surface area (Å²) < 4.78 is 47.9. The second kappa shape index (κ2) is 7.46. The van der Waals surface area contributed by atoms with E-state index in [-0.39, 0.29) is 20.0 Å². The molecule has 3 aliphatic heterocycles. The fourth-order valence-electron chi connectivity index (χ4n) is 3.48. The van der Waals surface area contributed by atoms with Gasteiger partial charge in [-0.3, -0.25) is 4.79 Å². The number of amides is 1. The summed E-state index contributed by atoms with van der Waals surface area (Å²) in [5.41, 5.74) is 0. The number of β-lactam (4-membered cyclic amide) rings is 1. The number of carbonyl (C=O) groups is 3. The molecular formula is C15H21NO11S. The van der Waals surface area contributed by atoms with Crippen LogP contribution in [-0.2, 0) is 43.1 Å². The molecule has 0 spiro atoms. The number of fused-ring (bicyclic) bond motifs is 1. The summed E-state index contributed by atoms with van der Waals surface area (Å²) in [7, 11) is -3.93. The third kappa shape index (κ3) is 3.21. The van der Waals surface area contributed by atoms with Gasteiger partial charge in [-0.05, 0) is 13.8 Å². The Morgan fingerprint density at radius 1 is 1.25 bits per heavy atom. The summed E-state index contributed by atoms with van der Waals surface area (Å²) in [5, 5.41) is 7.97. The van der Waals surface area contributed by atoms with Crippen molar-refractivity contribution < 1.29 is 51.6 Å². The highest BCUT2D eigenvalue weighted by molar-refractivity contribution is 7.93. The molecule has 1 amide bonds. The van der Waals surface area contributed by atoms with Gasteiger partial charge in [0.15, 0.2) is 15.9 Å². The Balaban J connectivity index is 1.58. The summed E-state index contributed by atoms with van der Waals surface area (Å²) in [6, 6.07) is -1.42. The third-order valence-corrected chi connectivity index (χ3v) is 7.89. The minimum absolute atomic E-state index is 0.0972. The first kappa shape index (κ1) is 20.8. The lowest BCUT2D eigenvalue weighted by Crippen LogP contribution is -2.64. The highest BCUT2D eigenvalue weighted by Gasteiger charge is 2.72. The van der Waals surface area contributed by atoms with Gasteiger partial charge in [-0.25, -0.2) is 18.0 Å². The fraction of sp³-hybridized carbons (Fsp3) is 0.800. The summed E-state index contributed by atoms with van der Waals surface area (Å²) in [6.07, 6.45) is -1.78. The lowest BCUT2D eigenvalue weighted by atomic mass is 9.92. The molecule has 1 unspecified atom stereocenters. The van der Waals surface area contributed by atoms with Crippen LogP contribution < -0.4 is 0 Å². The van der Waals surface area contributed by atoms with Crippen molar-refractivity contribution in [3.63, 3.8) is 0 Å². The third-order valence-electron chi connectivity index (χ3n) is 5.01. The molecule has 0 radical (unpaired) electrons. The van der Waals surface area contributed by atoms with Gasteiger partial charge in [0.2, 0.25) is 12.7 Å². The van der Waals surface area contributed by atoms with Gasteiger partial charge >= 0.3 is 12.1 Å². The monoisotopic (exact) mass is 423 g/mol. The molecule has 0 aromatic rings. The van der Waals surface area contributed by atoms with Crippen LogP contribution in [0.5, 0.6) is 0 Å². The molecule has 1 N–H and O–H groups in total. The molecular weight excluding hydrogens is 402 g/mol. The molecule has 13 heteroatoms. The van der Waals surface area contributed by atoms with Gasteiger partial charge in [0.1, 0.15) is 18.2 Å². The van der Waals surface area contributed by atoms with Crippen LogP contribution in [-0.4, -0.2) is 92.1 Å². The standard InChI is InChI=1S/C15H21NO11S/c1-15(2)10(16-11(18)9(3-17)12(16)28(15,21)22)13(19)25-7-26-14(20)27-8-4-23-6-24-5-8/h8-10,12,17H,3-7H2,1-2H3/t9-,10+,12?/m1/s1. The van der Waals surface area contributed by atoms with Crippen LogP contribution in [0.1, 0.15) is 13.8 Å². The second-order valence-electron chi connectivity index (χ2n) is 7.05. The molecule has 3 rings (SSSR count). The van der Waals surface area contributed by atoms with Crippen LogP contribution in [0.2, 0.25) is 0 Å². The summed E-state index contributed by atoms with van der Waals surface area (Å²) in [5.74, 6) is -2.80. The molecule has 3 heterocycles. The summed E-state index contributed by atoms with van der Waals surface area (Å²) >= 11 is 0. The van der Waals surface area contributed by atoms with Crippen LogP contribution in [0.4, 0.5) is 4.79 Å². The van der Waals surface area contributed by atoms with Crippen molar-refractivity contribution in [1.82, 2.24) is 4.90 Å². The minimum atomic E-state index is -3.93. The fourth-order valence-corrected chi connectivity index (χ4v) is 5.78. The average molecular weight is 423 g/mol. The Bertz CT molecular complexity index is 758. The van der Waals surface area contributed by atoms with Crippen molar-refractivity contribution >= 4 is 27.9 Å². The molecule has 0 bridgehead atoms. The highest BCUT2D eigenvalue weighted by Crippen LogP contribution is 2.48. The van der Waals surface area contributed by atoms with Gasteiger partial charge in [0.05, 0.1) is 30.5 Å². The van der Waals surface area contributed by atoms with Crippen molar-refractivity contribution in [2.24, 2.45) is 5.92 Å². The first-order valence-corrected chi connectivity index (χ1v) is 9.99. The second-order valence-corrected chi connectivity index (χ2v) is 9.68. The summed E-state index contributed by atoms with van der Waals surface area (Å²) in [4.78, 5) is 37.0. The number of hydrogen-bond acceptors (Lipinski definition) is 11. The van der Waals surface area contributed by atoms with Crippen LogP contribution in [0, 0.1) is 5.92 Å². The van der Waals surface area contributed by atoms with E-state index in [4.69, 9.17) is 18.9 Å². The van der Waals surface area contributed by atoms with Gasteiger partial charge in [0, 0.05) is 0 Å². The number of ether oxygens (including phenoxy) is 5. The Morgan fingerprint density at radius 2 is 1.89 bits per heavy atom. The molecule has 12 nitrogen and oxygen atoms in total. The molecule has 0 aliphatic carbocycles. The maximum absolute atomic E-state index is 12.7. The lowest BCUT2D eigenvalue weighted by Gasteiger charge is -2.42. The van der Waals surface area contributed by atoms with E-state index in [1.807, 2.05) is 0 Å². The van der Waals surface area contributed by atoms with Crippen molar-refractivity contribution in [2.75, 3.05) is 33.4 Å². The van der Waals surface area contributed by atoms with Crippen molar-refractivity contribution in [1.29, 1.82) is 0 Å². The van der Waals surface area contributed by atoms with E-state index in [0.29, 0.717) is 0 Å². The quantitative estimate of drug-likeness (QED) is 0.308. The number of sulfone groups is 1. The zero-order chi connectivity index (χ0) is 20.7. The van der Waals surface area contributed by atoms with E-state index in [2.05, 4.69) is 4.74 Å². The molecule has 0 aromatic heterocycles. The first-order valence-electron chi connectivity index (χ1n) is 8.45. The van der Waals surface area contributed by atoms with Gasteiger partial charge in [-0.15, -0.1) is 0 Å².